The lowest BCUT2D eigenvalue weighted by Gasteiger charge is -2.14. The van der Waals surface area contributed by atoms with Crippen molar-refractivity contribution in [2.75, 3.05) is 30.0 Å². The Kier molecular flexibility index (Phi) is 3.63. The molecule has 0 amide bonds. The summed E-state index contributed by atoms with van der Waals surface area (Å²) >= 11 is 6.11. The topological polar surface area (TPSA) is 41.3 Å². The molecule has 0 aliphatic heterocycles. The molecule has 18 heavy (non-hydrogen) atoms. The highest BCUT2D eigenvalue weighted by Crippen LogP contribution is 2.28. The quantitative estimate of drug-likeness (QED) is 0.827. The molecule has 0 aliphatic carbocycles. The summed E-state index contributed by atoms with van der Waals surface area (Å²) in [6.07, 6.45) is 0. The van der Waals surface area contributed by atoms with Crippen molar-refractivity contribution in [1.82, 2.24) is 0 Å². The number of nitrogens with zero attached hydrogens (tertiary/aromatic N) is 1. The second-order valence-electron chi connectivity index (χ2n) is 4.31. The lowest BCUT2D eigenvalue weighted by atomic mass is 10.2. The standard InChI is InChI=1S/C14H16ClN3/c1-18(2)12-6-4-11(5-7-12)17-14-8-3-10(16)9-13(14)15/h3-9,17H,16H2,1-2H3. The Morgan fingerprint density at radius 2 is 1.72 bits per heavy atom. The SMILES string of the molecule is CN(C)c1ccc(Nc2ccc(N)cc2Cl)cc1. The fraction of sp³-hybridized carbons (Fsp3) is 0.143. The Balaban J connectivity index is 2.18. The second-order valence-corrected chi connectivity index (χ2v) is 4.71. The highest BCUT2D eigenvalue weighted by Gasteiger charge is 2.01. The number of nitrogens with two attached hydrogens (primary N) is 1. The summed E-state index contributed by atoms with van der Waals surface area (Å²) in [6, 6.07) is 13.6. The minimum absolute atomic E-state index is 0.617. The van der Waals surface area contributed by atoms with Crippen LogP contribution < -0.4 is 16.0 Å². The van der Waals surface area contributed by atoms with Gasteiger partial charge >= 0.3 is 0 Å². The molecule has 2 aromatic rings. The maximum atomic E-state index is 6.11. The molecule has 3 N–H and O–H groups in total. The van der Waals surface area contributed by atoms with Crippen LogP contribution in [0.5, 0.6) is 0 Å². The van der Waals surface area contributed by atoms with Gasteiger partial charge in [-0.05, 0) is 42.5 Å². The Hall–Kier alpha value is -1.87. The van der Waals surface area contributed by atoms with Gasteiger partial charge in [0.05, 0.1) is 10.7 Å². The van der Waals surface area contributed by atoms with Gasteiger partial charge in [-0.1, -0.05) is 11.6 Å². The molecule has 0 radical (unpaired) electrons. The van der Waals surface area contributed by atoms with E-state index < -0.39 is 0 Å². The van der Waals surface area contributed by atoms with Crippen molar-refractivity contribution in [2.24, 2.45) is 0 Å². The summed E-state index contributed by atoms with van der Waals surface area (Å²) in [5.74, 6) is 0. The van der Waals surface area contributed by atoms with Crippen LogP contribution in [0.2, 0.25) is 5.02 Å². The molecule has 2 aromatic carbocycles. The van der Waals surface area contributed by atoms with Crippen molar-refractivity contribution in [3.05, 3.63) is 47.5 Å². The predicted octanol–water partition coefficient (Wildman–Crippen LogP) is 3.73. The van der Waals surface area contributed by atoms with E-state index in [4.69, 9.17) is 17.3 Å². The lowest BCUT2D eigenvalue weighted by molar-refractivity contribution is 1.13. The van der Waals surface area contributed by atoms with Crippen LogP contribution in [0.1, 0.15) is 0 Å². The van der Waals surface area contributed by atoms with Gasteiger partial charge in [0.1, 0.15) is 0 Å². The zero-order valence-corrected chi connectivity index (χ0v) is 11.2. The number of rotatable bonds is 3. The van der Waals surface area contributed by atoms with Gasteiger partial charge in [-0.2, -0.15) is 0 Å². The third-order valence-electron chi connectivity index (χ3n) is 2.66. The molecule has 0 unspecified atom stereocenters. The molecule has 0 heterocycles. The van der Waals surface area contributed by atoms with Gasteiger partial charge in [0.15, 0.2) is 0 Å². The first-order valence-corrected chi connectivity index (χ1v) is 6.03. The van der Waals surface area contributed by atoms with E-state index in [2.05, 4.69) is 10.2 Å². The molecule has 0 aromatic heterocycles. The summed E-state index contributed by atoms with van der Waals surface area (Å²) in [6.45, 7) is 0. The van der Waals surface area contributed by atoms with Gasteiger partial charge in [0.25, 0.3) is 0 Å². The minimum atomic E-state index is 0.617. The van der Waals surface area contributed by atoms with Crippen LogP contribution in [0.4, 0.5) is 22.7 Å². The Labute approximate surface area is 112 Å². The largest absolute Gasteiger partial charge is 0.399 e. The summed E-state index contributed by atoms with van der Waals surface area (Å²) in [7, 11) is 4.03. The van der Waals surface area contributed by atoms with Crippen molar-refractivity contribution in [1.29, 1.82) is 0 Å². The molecule has 94 valence electrons. The Morgan fingerprint density at radius 3 is 2.28 bits per heavy atom. The zero-order chi connectivity index (χ0) is 13.1. The van der Waals surface area contributed by atoms with Crippen LogP contribution in [-0.4, -0.2) is 14.1 Å². The van der Waals surface area contributed by atoms with E-state index in [-0.39, 0.29) is 0 Å². The number of hydrogen-bond donors (Lipinski definition) is 2. The number of nitrogen functional groups attached to an aromatic ring is 1. The van der Waals surface area contributed by atoms with Crippen molar-refractivity contribution in [3.63, 3.8) is 0 Å². The van der Waals surface area contributed by atoms with Crippen molar-refractivity contribution >= 4 is 34.4 Å². The van der Waals surface area contributed by atoms with Crippen molar-refractivity contribution in [3.8, 4) is 0 Å². The fourth-order valence-electron chi connectivity index (χ4n) is 1.63. The van der Waals surface area contributed by atoms with E-state index in [0.29, 0.717) is 10.7 Å². The number of anilines is 4. The predicted molar refractivity (Wildman–Crippen MR) is 79.9 cm³/mol. The molecule has 0 saturated heterocycles. The number of halogens is 1. The van der Waals surface area contributed by atoms with Gasteiger partial charge < -0.3 is 16.0 Å². The lowest BCUT2D eigenvalue weighted by Crippen LogP contribution is -2.08. The average Bonchev–Trinajstić information content (AvgIpc) is 2.33. The van der Waals surface area contributed by atoms with Crippen LogP contribution in [0, 0.1) is 0 Å². The van der Waals surface area contributed by atoms with E-state index in [1.54, 1.807) is 6.07 Å². The van der Waals surface area contributed by atoms with Crippen molar-refractivity contribution in [2.45, 2.75) is 0 Å². The summed E-state index contributed by atoms with van der Waals surface area (Å²) < 4.78 is 0. The molecular weight excluding hydrogens is 246 g/mol. The second kappa shape index (κ2) is 5.19. The zero-order valence-electron chi connectivity index (χ0n) is 10.4. The molecule has 3 nitrogen and oxygen atoms in total. The van der Waals surface area contributed by atoms with Crippen LogP contribution >= 0.6 is 11.6 Å². The highest BCUT2D eigenvalue weighted by molar-refractivity contribution is 6.33. The van der Waals surface area contributed by atoms with Crippen LogP contribution in [0.3, 0.4) is 0 Å². The number of hydrogen-bond acceptors (Lipinski definition) is 3. The maximum Gasteiger partial charge on any atom is 0.0661 e. The maximum absolute atomic E-state index is 6.11. The summed E-state index contributed by atoms with van der Waals surface area (Å²) in [4.78, 5) is 2.06. The molecular formula is C14H16ClN3. The van der Waals surface area contributed by atoms with Gasteiger partial charge in [0.2, 0.25) is 0 Å². The molecule has 0 fully saturated rings. The molecule has 0 atom stereocenters. The van der Waals surface area contributed by atoms with Crippen molar-refractivity contribution < 1.29 is 0 Å². The molecule has 0 bridgehead atoms. The van der Waals surface area contributed by atoms with Gasteiger partial charge in [-0.3, -0.25) is 0 Å². The minimum Gasteiger partial charge on any atom is -0.399 e. The smallest absolute Gasteiger partial charge is 0.0661 e. The number of nitrogens with one attached hydrogen (secondary N) is 1. The summed E-state index contributed by atoms with van der Waals surface area (Å²) in [5.41, 5.74) is 9.32. The van der Waals surface area contributed by atoms with Gasteiger partial charge in [-0.15, -0.1) is 0 Å². The normalized spacial score (nSPS) is 10.2. The average molecular weight is 262 g/mol. The molecule has 4 heteroatoms. The molecule has 2 rings (SSSR count). The van der Waals surface area contributed by atoms with E-state index in [1.807, 2.05) is 50.5 Å². The Morgan fingerprint density at radius 1 is 1.06 bits per heavy atom. The van der Waals surface area contributed by atoms with E-state index in [0.717, 1.165) is 17.1 Å². The summed E-state index contributed by atoms with van der Waals surface area (Å²) in [5, 5.41) is 3.88. The van der Waals surface area contributed by atoms with Crippen LogP contribution in [0.15, 0.2) is 42.5 Å². The number of benzene rings is 2. The monoisotopic (exact) mass is 261 g/mol. The first-order chi connectivity index (χ1) is 8.56. The first-order valence-electron chi connectivity index (χ1n) is 5.66. The molecule has 0 spiro atoms. The van der Waals surface area contributed by atoms with Crippen LogP contribution in [-0.2, 0) is 0 Å². The third-order valence-corrected chi connectivity index (χ3v) is 2.97. The van der Waals surface area contributed by atoms with E-state index in [1.165, 1.54) is 0 Å². The van der Waals surface area contributed by atoms with Gasteiger partial charge in [0, 0.05) is 31.2 Å². The highest BCUT2D eigenvalue weighted by atomic mass is 35.5. The molecule has 0 saturated carbocycles. The first kappa shape index (κ1) is 12.6. The van der Waals surface area contributed by atoms with Crippen LogP contribution in [0.25, 0.3) is 0 Å². The van der Waals surface area contributed by atoms with E-state index >= 15 is 0 Å². The third kappa shape index (κ3) is 2.87. The fourth-order valence-corrected chi connectivity index (χ4v) is 1.87. The van der Waals surface area contributed by atoms with E-state index in [9.17, 15) is 0 Å². The Bertz CT molecular complexity index is 535. The molecule has 0 aliphatic rings. The van der Waals surface area contributed by atoms with Gasteiger partial charge in [-0.25, -0.2) is 0 Å².